The van der Waals surface area contributed by atoms with E-state index in [4.69, 9.17) is 0 Å². The number of nitrogens with one attached hydrogen (secondary N) is 2. The highest BCUT2D eigenvalue weighted by molar-refractivity contribution is 5.94. The van der Waals surface area contributed by atoms with Crippen LogP contribution >= 0.6 is 0 Å². The van der Waals surface area contributed by atoms with E-state index in [1.165, 1.54) is 17.8 Å². The van der Waals surface area contributed by atoms with Gasteiger partial charge in [0.1, 0.15) is 6.17 Å². The molecule has 23 heavy (non-hydrogen) atoms. The fraction of sp³-hybridized carbons (Fsp3) is 0.294. The molecule has 3 N–H and O–H groups in total. The number of nitrogens with zero attached hydrogens (tertiary/aromatic N) is 2. The molecule has 0 bridgehead atoms. The topological polar surface area (TPSA) is 77.5 Å². The average Bonchev–Trinajstić information content (AvgIpc) is 2.85. The van der Waals surface area contributed by atoms with Gasteiger partial charge >= 0.3 is 5.97 Å². The fourth-order valence-corrected chi connectivity index (χ4v) is 2.82. The summed E-state index contributed by atoms with van der Waals surface area (Å²) in [4.78, 5) is 15.4. The normalized spacial score (nSPS) is 16.3. The molecule has 1 aliphatic rings. The molecular weight excluding hydrogens is 292 g/mol. The second-order valence-corrected chi connectivity index (χ2v) is 5.65. The maximum absolute atomic E-state index is 11.4. The SMILES string of the molecule is CCCN1NC(Nc2cnccc2C(=O)O)c2cc(C)ccc21. The molecule has 1 aliphatic heterocycles. The molecule has 2 heterocycles. The van der Waals surface area contributed by atoms with Crippen LogP contribution in [0.4, 0.5) is 11.4 Å². The van der Waals surface area contributed by atoms with Gasteiger partial charge in [-0.25, -0.2) is 10.2 Å². The Balaban J connectivity index is 1.93. The van der Waals surface area contributed by atoms with Gasteiger partial charge in [-0.1, -0.05) is 24.6 Å². The van der Waals surface area contributed by atoms with Gasteiger partial charge in [-0.15, -0.1) is 0 Å². The monoisotopic (exact) mass is 312 g/mol. The van der Waals surface area contributed by atoms with E-state index in [2.05, 4.69) is 45.9 Å². The Morgan fingerprint density at radius 2 is 2.26 bits per heavy atom. The van der Waals surface area contributed by atoms with Gasteiger partial charge in [0.25, 0.3) is 0 Å². The molecule has 1 atom stereocenters. The Morgan fingerprint density at radius 3 is 3.00 bits per heavy atom. The van der Waals surface area contributed by atoms with E-state index in [0.29, 0.717) is 5.69 Å². The standard InChI is InChI=1S/C17H20N4O2/c1-3-8-21-15-5-4-11(2)9-13(15)16(20-21)19-14-10-18-7-6-12(14)17(22)23/h4-7,9-10,16,19-20H,3,8H2,1-2H3,(H,22,23). The lowest BCUT2D eigenvalue weighted by molar-refractivity contribution is 0.0697. The average molecular weight is 312 g/mol. The summed E-state index contributed by atoms with van der Waals surface area (Å²) in [6, 6.07) is 7.79. The number of carboxylic acid groups (broad SMARTS) is 1. The highest BCUT2D eigenvalue weighted by atomic mass is 16.4. The molecule has 6 heteroatoms. The first-order chi connectivity index (χ1) is 11.1. The number of carboxylic acids is 1. The number of anilines is 2. The molecular formula is C17H20N4O2. The summed E-state index contributed by atoms with van der Waals surface area (Å²) in [5, 5.41) is 14.7. The summed E-state index contributed by atoms with van der Waals surface area (Å²) in [5.74, 6) is -0.970. The Hall–Kier alpha value is -2.60. The van der Waals surface area contributed by atoms with Gasteiger partial charge in [0.05, 0.1) is 23.1 Å². The number of aryl methyl sites for hydroxylation is 1. The smallest absolute Gasteiger partial charge is 0.337 e. The highest BCUT2D eigenvalue weighted by Crippen LogP contribution is 2.34. The molecule has 0 fully saturated rings. The molecule has 2 aromatic rings. The zero-order valence-corrected chi connectivity index (χ0v) is 13.2. The highest BCUT2D eigenvalue weighted by Gasteiger charge is 2.28. The molecule has 3 rings (SSSR count). The molecule has 0 spiro atoms. The van der Waals surface area contributed by atoms with Gasteiger partial charge in [-0.2, -0.15) is 0 Å². The first-order valence-corrected chi connectivity index (χ1v) is 7.68. The molecule has 1 aromatic heterocycles. The fourth-order valence-electron chi connectivity index (χ4n) is 2.82. The molecule has 1 aromatic carbocycles. The summed E-state index contributed by atoms with van der Waals surface area (Å²) in [6.07, 6.45) is 3.86. The predicted octanol–water partition coefficient (Wildman–Crippen LogP) is 2.93. The summed E-state index contributed by atoms with van der Waals surface area (Å²) in [5.41, 5.74) is 7.51. The number of hydrogen-bond donors (Lipinski definition) is 3. The number of rotatable bonds is 5. The number of aromatic nitrogens is 1. The number of benzene rings is 1. The predicted molar refractivity (Wildman–Crippen MR) is 89.5 cm³/mol. The molecule has 0 aliphatic carbocycles. The van der Waals surface area contributed by atoms with Gasteiger partial charge in [0, 0.05) is 18.3 Å². The van der Waals surface area contributed by atoms with Crippen LogP contribution in [0.2, 0.25) is 0 Å². The van der Waals surface area contributed by atoms with Crippen molar-refractivity contribution in [3.05, 3.63) is 53.3 Å². The first kappa shape index (κ1) is 15.3. The second kappa shape index (κ2) is 6.26. The maximum Gasteiger partial charge on any atom is 0.337 e. The van der Waals surface area contributed by atoms with Gasteiger partial charge in [0.2, 0.25) is 0 Å². The summed E-state index contributed by atoms with van der Waals surface area (Å²) < 4.78 is 0. The van der Waals surface area contributed by atoms with Crippen molar-refractivity contribution in [2.24, 2.45) is 0 Å². The molecule has 120 valence electrons. The lowest BCUT2D eigenvalue weighted by Crippen LogP contribution is -2.37. The quantitative estimate of drug-likeness (QED) is 0.788. The van der Waals surface area contributed by atoms with Crippen LogP contribution in [0, 0.1) is 6.92 Å². The van der Waals surface area contributed by atoms with Gasteiger partial charge in [-0.05, 0) is 25.5 Å². The van der Waals surface area contributed by atoms with Crippen LogP contribution in [-0.4, -0.2) is 22.6 Å². The van der Waals surface area contributed by atoms with E-state index >= 15 is 0 Å². The largest absolute Gasteiger partial charge is 0.478 e. The van der Waals surface area contributed by atoms with Crippen molar-refractivity contribution in [3.8, 4) is 0 Å². The van der Waals surface area contributed by atoms with Crippen LogP contribution < -0.4 is 15.8 Å². The van der Waals surface area contributed by atoms with Crippen LogP contribution in [0.5, 0.6) is 0 Å². The lowest BCUT2D eigenvalue weighted by atomic mass is 10.1. The van der Waals surface area contributed by atoms with Crippen molar-refractivity contribution in [2.75, 3.05) is 16.9 Å². The third-order valence-corrected chi connectivity index (χ3v) is 3.87. The van der Waals surface area contributed by atoms with Gasteiger partial charge in [-0.3, -0.25) is 4.98 Å². The Labute approximate surface area is 135 Å². The summed E-state index contributed by atoms with van der Waals surface area (Å²) in [7, 11) is 0. The Kier molecular flexibility index (Phi) is 4.16. The minimum Gasteiger partial charge on any atom is -0.478 e. The number of aromatic carboxylic acids is 1. The maximum atomic E-state index is 11.4. The van der Waals surface area contributed by atoms with E-state index in [1.807, 2.05) is 6.92 Å². The van der Waals surface area contributed by atoms with E-state index in [1.54, 1.807) is 6.20 Å². The molecule has 0 amide bonds. The molecule has 0 radical (unpaired) electrons. The molecule has 1 unspecified atom stereocenters. The van der Waals surface area contributed by atoms with Crippen molar-refractivity contribution in [1.82, 2.24) is 10.4 Å². The number of carbonyl (C=O) groups is 1. The van der Waals surface area contributed by atoms with Crippen molar-refractivity contribution in [2.45, 2.75) is 26.4 Å². The minimum atomic E-state index is -0.970. The lowest BCUT2D eigenvalue weighted by Gasteiger charge is -2.21. The zero-order chi connectivity index (χ0) is 16.4. The molecule has 6 nitrogen and oxygen atoms in total. The van der Waals surface area contributed by atoms with Crippen LogP contribution in [-0.2, 0) is 0 Å². The number of pyridine rings is 1. The van der Waals surface area contributed by atoms with E-state index in [-0.39, 0.29) is 11.7 Å². The molecule has 0 saturated heterocycles. The van der Waals surface area contributed by atoms with Crippen molar-refractivity contribution in [1.29, 1.82) is 0 Å². The van der Waals surface area contributed by atoms with Crippen molar-refractivity contribution in [3.63, 3.8) is 0 Å². The second-order valence-electron chi connectivity index (χ2n) is 5.65. The summed E-state index contributed by atoms with van der Waals surface area (Å²) >= 11 is 0. The number of fused-ring (bicyclic) bond motifs is 1. The van der Waals surface area contributed by atoms with E-state index in [0.717, 1.165) is 24.2 Å². The molecule has 0 saturated carbocycles. The van der Waals surface area contributed by atoms with Crippen LogP contribution in [0.3, 0.4) is 0 Å². The van der Waals surface area contributed by atoms with Crippen LogP contribution in [0.15, 0.2) is 36.7 Å². The Bertz CT molecular complexity index is 732. The van der Waals surface area contributed by atoms with Crippen molar-refractivity contribution < 1.29 is 9.90 Å². The number of hydrazine groups is 1. The van der Waals surface area contributed by atoms with Crippen molar-refractivity contribution >= 4 is 17.3 Å². The summed E-state index contributed by atoms with van der Waals surface area (Å²) in [6.45, 7) is 5.06. The first-order valence-electron chi connectivity index (χ1n) is 7.68. The third kappa shape index (κ3) is 2.98. The van der Waals surface area contributed by atoms with Gasteiger partial charge < -0.3 is 15.4 Å². The van der Waals surface area contributed by atoms with E-state index in [9.17, 15) is 9.90 Å². The third-order valence-electron chi connectivity index (χ3n) is 3.87. The number of hydrogen-bond acceptors (Lipinski definition) is 5. The zero-order valence-electron chi connectivity index (χ0n) is 13.2. The Morgan fingerprint density at radius 1 is 1.43 bits per heavy atom. The van der Waals surface area contributed by atoms with Gasteiger partial charge in [0.15, 0.2) is 0 Å². The van der Waals surface area contributed by atoms with E-state index < -0.39 is 5.97 Å². The van der Waals surface area contributed by atoms with Crippen LogP contribution in [0.1, 0.15) is 41.0 Å². The minimum absolute atomic E-state index is 0.182. The van der Waals surface area contributed by atoms with Crippen LogP contribution in [0.25, 0.3) is 0 Å².